The van der Waals surface area contributed by atoms with Gasteiger partial charge in [-0.05, 0) is 56.2 Å². The molecular formula is C20H23NO3. The summed E-state index contributed by atoms with van der Waals surface area (Å²) in [6.07, 6.45) is 1.06. The maximum absolute atomic E-state index is 12.3. The third kappa shape index (κ3) is 4.88. The molecule has 2 rings (SSSR count). The van der Waals surface area contributed by atoms with E-state index in [0.717, 1.165) is 5.56 Å². The van der Waals surface area contributed by atoms with E-state index in [1.165, 1.54) is 5.56 Å². The molecule has 0 spiro atoms. The number of hydrogen-bond donors (Lipinski definition) is 1. The maximum Gasteiger partial charge on any atom is 0.265 e. The number of carbonyl (C=O) groups excluding carboxylic acids is 1. The number of carbonyl (C=O) groups is 1. The van der Waals surface area contributed by atoms with Crippen LogP contribution in [0.3, 0.4) is 0 Å². The summed E-state index contributed by atoms with van der Waals surface area (Å²) >= 11 is 0. The predicted octanol–water partition coefficient (Wildman–Crippen LogP) is 4.27. The fourth-order valence-electron chi connectivity index (χ4n) is 2.11. The Morgan fingerprint density at radius 3 is 2.67 bits per heavy atom. The van der Waals surface area contributed by atoms with E-state index in [1.54, 1.807) is 25.1 Å². The molecule has 2 aromatic carbocycles. The summed E-state index contributed by atoms with van der Waals surface area (Å²) in [6.45, 7) is 9.81. The van der Waals surface area contributed by atoms with E-state index in [4.69, 9.17) is 9.47 Å². The molecule has 0 fully saturated rings. The number of aryl methyl sites for hydroxylation is 2. The van der Waals surface area contributed by atoms with Crippen LogP contribution in [0.1, 0.15) is 18.1 Å². The van der Waals surface area contributed by atoms with Gasteiger partial charge < -0.3 is 14.8 Å². The van der Waals surface area contributed by atoms with Crippen LogP contribution in [0.4, 0.5) is 5.69 Å². The molecule has 0 aliphatic rings. The number of hydrogen-bond acceptors (Lipinski definition) is 3. The Balaban J connectivity index is 1.98. The first kappa shape index (κ1) is 17.6. The molecule has 1 amide bonds. The highest BCUT2D eigenvalue weighted by Gasteiger charge is 2.15. The van der Waals surface area contributed by atoms with Crippen LogP contribution in [0.25, 0.3) is 0 Å². The molecule has 1 N–H and O–H groups in total. The quantitative estimate of drug-likeness (QED) is 0.773. The van der Waals surface area contributed by atoms with E-state index in [-0.39, 0.29) is 5.91 Å². The van der Waals surface area contributed by atoms with Crippen molar-refractivity contribution in [1.82, 2.24) is 0 Å². The molecule has 0 heterocycles. The van der Waals surface area contributed by atoms with Crippen LogP contribution < -0.4 is 14.8 Å². The minimum atomic E-state index is -0.607. The molecule has 0 aromatic heterocycles. The molecule has 0 saturated carbocycles. The fourth-order valence-corrected chi connectivity index (χ4v) is 2.11. The Kier molecular flexibility index (Phi) is 6.01. The van der Waals surface area contributed by atoms with Gasteiger partial charge in [0.05, 0.1) is 0 Å². The summed E-state index contributed by atoms with van der Waals surface area (Å²) < 4.78 is 11.2. The second kappa shape index (κ2) is 8.20. The van der Waals surface area contributed by atoms with Gasteiger partial charge in [-0.25, -0.2) is 0 Å². The van der Waals surface area contributed by atoms with E-state index in [0.29, 0.717) is 23.8 Å². The summed E-state index contributed by atoms with van der Waals surface area (Å²) in [5.74, 6) is 1.15. The highest BCUT2D eigenvalue weighted by atomic mass is 16.5. The highest BCUT2D eigenvalue weighted by Crippen LogP contribution is 2.20. The van der Waals surface area contributed by atoms with Crippen LogP contribution in [0, 0.1) is 13.8 Å². The largest absolute Gasteiger partial charge is 0.489 e. The smallest absolute Gasteiger partial charge is 0.265 e. The topological polar surface area (TPSA) is 47.6 Å². The van der Waals surface area contributed by atoms with Crippen LogP contribution in [0.2, 0.25) is 0 Å². The molecule has 126 valence electrons. The number of ether oxygens (including phenoxy) is 2. The second-order valence-electron chi connectivity index (χ2n) is 5.62. The Hall–Kier alpha value is -2.75. The lowest BCUT2D eigenvalue weighted by Gasteiger charge is -2.16. The minimum absolute atomic E-state index is 0.214. The van der Waals surface area contributed by atoms with Crippen LogP contribution in [0.15, 0.2) is 55.1 Å². The lowest BCUT2D eigenvalue weighted by molar-refractivity contribution is -0.122. The lowest BCUT2D eigenvalue weighted by atomic mass is 10.1. The molecule has 4 heteroatoms. The highest BCUT2D eigenvalue weighted by molar-refractivity contribution is 5.94. The Morgan fingerprint density at radius 1 is 1.17 bits per heavy atom. The molecule has 0 saturated heterocycles. The summed E-state index contributed by atoms with van der Waals surface area (Å²) in [5.41, 5.74) is 2.99. The second-order valence-corrected chi connectivity index (χ2v) is 5.62. The fraction of sp³-hybridized carbons (Fsp3) is 0.250. The van der Waals surface area contributed by atoms with Crippen molar-refractivity contribution >= 4 is 11.6 Å². The van der Waals surface area contributed by atoms with Crippen LogP contribution in [-0.4, -0.2) is 18.6 Å². The zero-order valence-electron chi connectivity index (χ0n) is 14.3. The number of amides is 1. The van der Waals surface area contributed by atoms with Crippen molar-refractivity contribution < 1.29 is 14.3 Å². The average Bonchev–Trinajstić information content (AvgIpc) is 2.56. The average molecular weight is 325 g/mol. The van der Waals surface area contributed by atoms with Gasteiger partial charge in [-0.3, -0.25) is 4.79 Å². The third-order valence-electron chi connectivity index (χ3n) is 3.63. The summed E-state index contributed by atoms with van der Waals surface area (Å²) in [7, 11) is 0. The van der Waals surface area contributed by atoms with Crippen molar-refractivity contribution in [2.45, 2.75) is 26.9 Å². The van der Waals surface area contributed by atoms with Gasteiger partial charge in [-0.1, -0.05) is 24.8 Å². The normalized spacial score (nSPS) is 11.5. The first-order valence-corrected chi connectivity index (χ1v) is 7.88. The van der Waals surface area contributed by atoms with E-state index in [2.05, 4.69) is 11.9 Å². The number of rotatable bonds is 7. The molecule has 2 aromatic rings. The van der Waals surface area contributed by atoms with Crippen LogP contribution in [0.5, 0.6) is 11.5 Å². The van der Waals surface area contributed by atoms with Gasteiger partial charge in [0, 0.05) is 11.8 Å². The minimum Gasteiger partial charge on any atom is -0.489 e. The van der Waals surface area contributed by atoms with Gasteiger partial charge in [0.25, 0.3) is 5.91 Å². The molecular weight excluding hydrogens is 302 g/mol. The zero-order chi connectivity index (χ0) is 17.5. The predicted molar refractivity (Wildman–Crippen MR) is 96.8 cm³/mol. The molecule has 4 nitrogen and oxygen atoms in total. The van der Waals surface area contributed by atoms with Crippen molar-refractivity contribution in [3.8, 4) is 11.5 Å². The molecule has 0 radical (unpaired) electrons. The SMILES string of the molecule is C=CCOc1cccc(NC(=O)[C@H](C)Oc2ccc(C)c(C)c2)c1. The Labute approximate surface area is 143 Å². The van der Waals surface area contributed by atoms with Gasteiger partial charge in [0.2, 0.25) is 0 Å². The van der Waals surface area contributed by atoms with E-state index in [1.807, 2.05) is 44.2 Å². The lowest BCUT2D eigenvalue weighted by Crippen LogP contribution is -2.30. The third-order valence-corrected chi connectivity index (χ3v) is 3.63. The maximum atomic E-state index is 12.3. The summed E-state index contributed by atoms with van der Waals surface area (Å²) in [5, 5.41) is 2.83. The molecule has 24 heavy (non-hydrogen) atoms. The van der Waals surface area contributed by atoms with Crippen molar-refractivity contribution in [3.05, 3.63) is 66.2 Å². The first-order valence-electron chi connectivity index (χ1n) is 7.88. The molecule has 1 atom stereocenters. The molecule has 0 bridgehead atoms. The van der Waals surface area contributed by atoms with E-state index >= 15 is 0 Å². The van der Waals surface area contributed by atoms with Crippen molar-refractivity contribution in [2.24, 2.45) is 0 Å². The number of anilines is 1. The van der Waals surface area contributed by atoms with E-state index in [9.17, 15) is 4.79 Å². The van der Waals surface area contributed by atoms with Gasteiger partial charge in [0.1, 0.15) is 18.1 Å². The van der Waals surface area contributed by atoms with Gasteiger partial charge in [0.15, 0.2) is 6.10 Å². The van der Waals surface area contributed by atoms with Crippen molar-refractivity contribution in [3.63, 3.8) is 0 Å². The van der Waals surface area contributed by atoms with Crippen LogP contribution >= 0.6 is 0 Å². The molecule has 0 aliphatic carbocycles. The monoisotopic (exact) mass is 325 g/mol. The molecule has 0 aliphatic heterocycles. The van der Waals surface area contributed by atoms with Crippen molar-refractivity contribution in [1.29, 1.82) is 0 Å². The standard InChI is InChI=1S/C20H23NO3/c1-5-11-23-18-8-6-7-17(13-18)21-20(22)16(4)24-19-10-9-14(2)15(3)12-19/h5-10,12-13,16H,1,11H2,2-4H3,(H,21,22)/t16-/m0/s1. The van der Waals surface area contributed by atoms with Crippen LogP contribution in [-0.2, 0) is 4.79 Å². The van der Waals surface area contributed by atoms with Gasteiger partial charge >= 0.3 is 0 Å². The van der Waals surface area contributed by atoms with E-state index < -0.39 is 6.10 Å². The first-order chi connectivity index (χ1) is 11.5. The number of benzene rings is 2. The van der Waals surface area contributed by atoms with Crippen molar-refractivity contribution in [2.75, 3.05) is 11.9 Å². The zero-order valence-corrected chi connectivity index (χ0v) is 14.3. The van der Waals surface area contributed by atoms with Gasteiger partial charge in [-0.2, -0.15) is 0 Å². The summed E-state index contributed by atoms with van der Waals surface area (Å²) in [6, 6.07) is 13.0. The summed E-state index contributed by atoms with van der Waals surface area (Å²) in [4.78, 5) is 12.3. The Bertz CT molecular complexity index is 725. The molecule has 0 unspecified atom stereocenters. The van der Waals surface area contributed by atoms with Gasteiger partial charge in [-0.15, -0.1) is 0 Å². The number of nitrogens with one attached hydrogen (secondary N) is 1. The Morgan fingerprint density at radius 2 is 1.96 bits per heavy atom.